The molecule has 2 aromatic rings. The molecule has 0 spiro atoms. The third-order valence-electron chi connectivity index (χ3n) is 2.48. The molecule has 0 aliphatic rings. The van der Waals surface area contributed by atoms with E-state index in [1.54, 1.807) is 0 Å². The molecule has 0 atom stereocenters. The van der Waals surface area contributed by atoms with Crippen LogP contribution in [-0.4, -0.2) is 31.5 Å². The van der Waals surface area contributed by atoms with Crippen LogP contribution in [-0.2, 0) is 6.54 Å². The van der Waals surface area contributed by atoms with Crippen LogP contribution < -0.4 is 5.32 Å². The molecule has 0 unspecified atom stereocenters. The molecule has 2 rings (SSSR count). The predicted molar refractivity (Wildman–Crippen MR) is 64.8 cm³/mol. The lowest BCUT2D eigenvalue weighted by Crippen LogP contribution is -2.13. The van der Waals surface area contributed by atoms with Gasteiger partial charge in [-0.05, 0) is 26.3 Å². The van der Waals surface area contributed by atoms with E-state index in [4.69, 9.17) is 0 Å². The number of rotatable bonds is 4. The second kappa shape index (κ2) is 4.90. The molecule has 90 valence electrons. The Balaban J connectivity index is 1.87. The number of nitrogens with one attached hydrogen (secondary N) is 1. The minimum Gasteiger partial charge on any atom is -0.351 e. The van der Waals surface area contributed by atoms with Gasteiger partial charge in [0, 0.05) is 12.7 Å². The molecule has 1 N–H and O–H groups in total. The van der Waals surface area contributed by atoms with Crippen molar-refractivity contribution in [3.8, 4) is 0 Å². The molecular formula is C11H16N6. The van der Waals surface area contributed by atoms with Crippen molar-refractivity contribution in [3.05, 3.63) is 29.3 Å². The lowest BCUT2D eigenvalue weighted by atomic mass is 10.4. The van der Waals surface area contributed by atoms with Crippen molar-refractivity contribution in [3.63, 3.8) is 0 Å². The van der Waals surface area contributed by atoms with Crippen molar-refractivity contribution in [2.75, 3.05) is 11.9 Å². The smallest absolute Gasteiger partial charge is 0.243 e. The topological polar surface area (TPSA) is 68.5 Å². The number of hydrogen-bond acceptors (Lipinski definition) is 5. The summed E-state index contributed by atoms with van der Waals surface area (Å²) in [5.74, 6) is 0.567. The molecule has 0 aromatic carbocycles. The van der Waals surface area contributed by atoms with Gasteiger partial charge < -0.3 is 5.32 Å². The first-order valence-corrected chi connectivity index (χ1v) is 5.56. The van der Waals surface area contributed by atoms with Gasteiger partial charge in [-0.25, -0.2) is 4.98 Å². The van der Waals surface area contributed by atoms with Crippen molar-refractivity contribution in [1.82, 2.24) is 25.0 Å². The van der Waals surface area contributed by atoms with Crippen LogP contribution in [0.3, 0.4) is 0 Å². The molecule has 2 heterocycles. The van der Waals surface area contributed by atoms with Gasteiger partial charge in [-0.1, -0.05) is 0 Å². The van der Waals surface area contributed by atoms with Crippen molar-refractivity contribution in [2.45, 2.75) is 27.3 Å². The van der Waals surface area contributed by atoms with Crippen molar-refractivity contribution in [2.24, 2.45) is 0 Å². The standard InChI is InChI=1S/C11H16N6/c1-8-6-13-17(7-8)5-4-12-11-14-9(2)10(3)15-16-11/h6-7H,4-5H2,1-3H3,(H,12,14,16). The maximum atomic E-state index is 4.29. The highest BCUT2D eigenvalue weighted by atomic mass is 15.3. The van der Waals surface area contributed by atoms with Crippen LogP contribution >= 0.6 is 0 Å². The average molecular weight is 232 g/mol. The van der Waals surface area contributed by atoms with Gasteiger partial charge in [-0.3, -0.25) is 4.68 Å². The molecule has 6 nitrogen and oxygen atoms in total. The van der Waals surface area contributed by atoms with Crippen LogP contribution in [0.15, 0.2) is 12.4 Å². The zero-order valence-corrected chi connectivity index (χ0v) is 10.3. The van der Waals surface area contributed by atoms with Gasteiger partial charge in [0.2, 0.25) is 5.95 Å². The Morgan fingerprint density at radius 2 is 2.00 bits per heavy atom. The number of hydrogen-bond donors (Lipinski definition) is 1. The largest absolute Gasteiger partial charge is 0.351 e. The molecule has 0 saturated heterocycles. The quantitative estimate of drug-likeness (QED) is 0.855. The van der Waals surface area contributed by atoms with E-state index in [1.165, 1.54) is 0 Å². The predicted octanol–water partition coefficient (Wildman–Crippen LogP) is 1.11. The maximum absolute atomic E-state index is 4.29. The Kier molecular flexibility index (Phi) is 3.32. The van der Waals surface area contributed by atoms with Gasteiger partial charge in [0.25, 0.3) is 0 Å². The summed E-state index contributed by atoms with van der Waals surface area (Å²) in [5, 5.41) is 15.3. The fourth-order valence-electron chi connectivity index (χ4n) is 1.40. The summed E-state index contributed by atoms with van der Waals surface area (Å²) in [6.07, 6.45) is 3.84. The Hall–Kier alpha value is -1.98. The highest BCUT2D eigenvalue weighted by molar-refractivity contribution is 5.24. The van der Waals surface area contributed by atoms with E-state index >= 15 is 0 Å². The van der Waals surface area contributed by atoms with Crippen molar-refractivity contribution >= 4 is 5.95 Å². The molecule has 2 aromatic heterocycles. The molecule has 0 aliphatic heterocycles. The second-order valence-electron chi connectivity index (χ2n) is 4.01. The Morgan fingerprint density at radius 3 is 2.65 bits per heavy atom. The molecule has 0 fully saturated rings. The van der Waals surface area contributed by atoms with Crippen molar-refractivity contribution < 1.29 is 0 Å². The van der Waals surface area contributed by atoms with E-state index in [9.17, 15) is 0 Å². The monoisotopic (exact) mass is 232 g/mol. The SMILES string of the molecule is Cc1cnn(CCNc2nnc(C)c(C)n2)c1. The zero-order valence-electron chi connectivity index (χ0n) is 10.3. The van der Waals surface area contributed by atoms with Gasteiger partial charge in [0.15, 0.2) is 0 Å². The summed E-state index contributed by atoms with van der Waals surface area (Å²) in [5.41, 5.74) is 2.92. The molecule has 17 heavy (non-hydrogen) atoms. The average Bonchev–Trinajstić information content (AvgIpc) is 2.70. The number of nitrogens with zero attached hydrogens (tertiary/aromatic N) is 5. The van der Waals surface area contributed by atoms with E-state index in [0.29, 0.717) is 5.95 Å². The molecule has 0 saturated carbocycles. The second-order valence-corrected chi connectivity index (χ2v) is 4.01. The summed E-state index contributed by atoms with van der Waals surface area (Å²) in [4.78, 5) is 4.29. The Labute approximate surface area is 100 Å². The van der Waals surface area contributed by atoms with E-state index in [-0.39, 0.29) is 0 Å². The molecule has 0 bridgehead atoms. The maximum Gasteiger partial charge on any atom is 0.243 e. The van der Waals surface area contributed by atoms with E-state index in [0.717, 1.165) is 30.0 Å². The van der Waals surface area contributed by atoms with Gasteiger partial charge in [-0.2, -0.15) is 10.2 Å². The first-order chi connectivity index (χ1) is 8.15. The van der Waals surface area contributed by atoms with Gasteiger partial charge >= 0.3 is 0 Å². The zero-order chi connectivity index (χ0) is 12.3. The van der Waals surface area contributed by atoms with E-state index in [2.05, 4.69) is 25.6 Å². The molecule has 0 aliphatic carbocycles. The van der Waals surface area contributed by atoms with Crippen LogP contribution in [0.2, 0.25) is 0 Å². The molecule has 0 radical (unpaired) electrons. The normalized spacial score (nSPS) is 10.5. The van der Waals surface area contributed by atoms with Crippen LogP contribution in [0, 0.1) is 20.8 Å². The first kappa shape index (κ1) is 11.5. The first-order valence-electron chi connectivity index (χ1n) is 5.56. The summed E-state index contributed by atoms with van der Waals surface area (Å²) in [6, 6.07) is 0. The highest BCUT2D eigenvalue weighted by Gasteiger charge is 2.00. The fourth-order valence-corrected chi connectivity index (χ4v) is 1.40. The van der Waals surface area contributed by atoms with E-state index in [1.807, 2.05) is 37.8 Å². The number of anilines is 1. The van der Waals surface area contributed by atoms with Crippen molar-refractivity contribution in [1.29, 1.82) is 0 Å². The van der Waals surface area contributed by atoms with E-state index < -0.39 is 0 Å². The fraction of sp³-hybridized carbons (Fsp3) is 0.455. The number of aryl methyl sites for hydroxylation is 3. The third kappa shape index (κ3) is 2.99. The third-order valence-corrected chi connectivity index (χ3v) is 2.48. The summed E-state index contributed by atoms with van der Waals surface area (Å²) >= 11 is 0. The minimum absolute atomic E-state index is 0.567. The van der Waals surface area contributed by atoms with Crippen LogP contribution in [0.5, 0.6) is 0 Å². The van der Waals surface area contributed by atoms with Crippen LogP contribution in [0.25, 0.3) is 0 Å². The van der Waals surface area contributed by atoms with Crippen LogP contribution in [0.1, 0.15) is 17.0 Å². The Bertz CT molecular complexity index is 504. The number of aromatic nitrogens is 5. The van der Waals surface area contributed by atoms with Gasteiger partial charge in [0.1, 0.15) is 0 Å². The Morgan fingerprint density at radius 1 is 1.18 bits per heavy atom. The summed E-state index contributed by atoms with van der Waals surface area (Å²) < 4.78 is 1.89. The lowest BCUT2D eigenvalue weighted by Gasteiger charge is -2.05. The van der Waals surface area contributed by atoms with Gasteiger partial charge in [0.05, 0.1) is 24.1 Å². The molecule has 6 heteroatoms. The molecule has 0 amide bonds. The van der Waals surface area contributed by atoms with Crippen LogP contribution in [0.4, 0.5) is 5.95 Å². The summed E-state index contributed by atoms with van der Waals surface area (Å²) in [7, 11) is 0. The molecular weight excluding hydrogens is 216 g/mol. The highest BCUT2D eigenvalue weighted by Crippen LogP contribution is 2.01. The van der Waals surface area contributed by atoms with Gasteiger partial charge in [-0.15, -0.1) is 5.10 Å². The lowest BCUT2D eigenvalue weighted by molar-refractivity contribution is 0.634. The summed E-state index contributed by atoms with van der Waals surface area (Å²) in [6.45, 7) is 7.35. The minimum atomic E-state index is 0.567.